The van der Waals surface area contributed by atoms with Crippen LogP contribution in [0.5, 0.6) is 5.75 Å². The molecule has 21 heavy (non-hydrogen) atoms. The van der Waals surface area contributed by atoms with Crippen molar-refractivity contribution in [3.05, 3.63) is 58.6 Å². The minimum Gasteiger partial charge on any atom is -0.496 e. The van der Waals surface area contributed by atoms with Crippen LogP contribution in [0, 0.1) is 6.92 Å². The fourth-order valence-corrected chi connectivity index (χ4v) is 3.34. The van der Waals surface area contributed by atoms with E-state index in [1.165, 1.54) is 0 Å². The molecule has 3 nitrogen and oxygen atoms in total. The summed E-state index contributed by atoms with van der Waals surface area (Å²) in [5.74, 6) is 1.06. The van der Waals surface area contributed by atoms with Gasteiger partial charge in [-0.15, -0.1) is 0 Å². The van der Waals surface area contributed by atoms with E-state index in [0.717, 1.165) is 21.8 Å². The van der Waals surface area contributed by atoms with Crippen molar-refractivity contribution in [2.45, 2.75) is 17.9 Å². The SMILES string of the molecule is COc1ccc(C)cc1C(N)CS(=O)c1ccc(Cl)cc1. The van der Waals surface area contributed by atoms with Gasteiger partial charge in [-0.3, -0.25) is 4.21 Å². The highest BCUT2D eigenvalue weighted by Crippen LogP contribution is 2.26. The molecular formula is C16H18ClNO2S. The van der Waals surface area contributed by atoms with Gasteiger partial charge in [0.25, 0.3) is 0 Å². The molecule has 0 saturated heterocycles. The van der Waals surface area contributed by atoms with Crippen LogP contribution in [0.1, 0.15) is 17.2 Å². The third kappa shape index (κ3) is 4.06. The summed E-state index contributed by atoms with van der Waals surface area (Å²) < 4.78 is 17.7. The van der Waals surface area contributed by atoms with Crippen molar-refractivity contribution in [2.75, 3.05) is 12.9 Å². The number of hydrogen-bond acceptors (Lipinski definition) is 3. The number of rotatable bonds is 5. The molecule has 112 valence electrons. The summed E-state index contributed by atoms with van der Waals surface area (Å²) in [4.78, 5) is 0.724. The molecule has 2 aromatic rings. The van der Waals surface area contributed by atoms with E-state index in [1.807, 2.05) is 25.1 Å². The van der Waals surface area contributed by atoms with Gasteiger partial charge in [-0.25, -0.2) is 0 Å². The highest BCUT2D eigenvalue weighted by molar-refractivity contribution is 7.85. The molecule has 2 rings (SSSR count). The van der Waals surface area contributed by atoms with Crippen LogP contribution in [-0.4, -0.2) is 17.1 Å². The van der Waals surface area contributed by atoms with Crippen molar-refractivity contribution in [3.63, 3.8) is 0 Å². The van der Waals surface area contributed by atoms with Gasteiger partial charge < -0.3 is 10.5 Å². The largest absolute Gasteiger partial charge is 0.496 e. The number of nitrogens with two attached hydrogens (primary N) is 1. The second kappa shape index (κ2) is 7.07. The maximum Gasteiger partial charge on any atom is 0.123 e. The van der Waals surface area contributed by atoms with E-state index in [0.29, 0.717) is 10.8 Å². The lowest BCUT2D eigenvalue weighted by molar-refractivity contribution is 0.407. The van der Waals surface area contributed by atoms with E-state index in [2.05, 4.69) is 0 Å². The zero-order chi connectivity index (χ0) is 15.4. The Bertz CT molecular complexity index is 643. The number of aryl methyl sites for hydroxylation is 1. The Kier molecular flexibility index (Phi) is 5.39. The lowest BCUT2D eigenvalue weighted by Crippen LogP contribution is -2.19. The topological polar surface area (TPSA) is 52.3 Å². The molecule has 0 saturated carbocycles. The minimum absolute atomic E-state index is 0.335. The number of ether oxygens (including phenoxy) is 1. The van der Waals surface area contributed by atoms with Crippen molar-refractivity contribution < 1.29 is 8.95 Å². The molecule has 0 heterocycles. The first-order valence-electron chi connectivity index (χ1n) is 6.55. The Morgan fingerprint density at radius 3 is 2.52 bits per heavy atom. The number of benzene rings is 2. The van der Waals surface area contributed by atoms with Crippen molar-refractivity contribution in [1.29, 1.82) is 0 Å². The van der Waals surface area contributed by atoms with Gasteiger partial charge in [0, 0.05) is 27.3 Å². The molecule has 0 amide bonds. The lowest BCUT2D eigenvalue weighted by atomic mass is 10.1. The summed E-state index contributed by atoms with van der Waals surface area (Å²) in [6.45, 7) is 1.99. The first-order chi connectivity index (χ1) is 10.0. The first-order valence-corrected chi connectivity index (χ1v) is 8.25. The summed E-state index contributed by atoms with van der Waals surface area (Å²) >= 11 is 5.83. The van der Waals surface area contributed by atoms with Crippen molar-refractivity contribution >= 4 is 22.4 Å². The Morgan fingerprint density at radius 2 is 1.90 bits per heavy atom. The second-order valence-electron chi connectivity index (χ2n) is 4.82. The molecular weight excluding hydrogens is 306 g/mol. The Morgan fingerprint density at radius 1 is 1.24 bits per heavy atom. The quantitative estimate of drug-likeness (QED) is 0.916. The molecule has 0 fully saturated rings. The van der Waals surface area contributed by atoms with Gasteiger partial charge in [-0.2, -0.15) is 0 Å². The highest BCUT2D eigenvalue weighted by atomic mass is 35.5. The molecule has 2 unspecified atom stereocenters. The Hall–Kier alpha value is -1.36. The minimum atomic E-state index is -1.18. The van der Waals surface area contributed by atoms with Crippen LogP contribution in [0.2, 0.25) is 5.02 Å². The van der Waals surface area contributed by atoms with Crippen LogP contribution < -0.4 is 10.5 Å². The van der Waals surface area contributed by atoms with E-state index < -0.39 is 10.8 Å². The van der Waals surface area contributed by atoms with Crippen molar-refractivity contribution in [2.24, 2.45) is 5.73 Å². The van der Waals surface area contributed by atoms with Gasteiger partial charge in [0.15, 0.2) is 0 Å². The van der Waals surface area contributed by atoms with Gasteiger partial charge >= 0.3 is 0 Å². The predicted molar refractivity (Wildman–Crippen MR) is 87.4 cm³/mol. The Labute approximate surface area is 132 Å². The summed E-state index contributed by atoms with van der Waals surface area (Å²) in [6.07, 6.45) is 0. The normalized spacial score (nSPS) is 13.7. The molecule has 2 atom stereocenters. The number of hydrogen-bond donors (Lipinski definition) is 1. The van der Waals surface area contributed by atoms with Crippen LogP contribution in [0.25, 0.3) is 0 Å². The average Bonchev–Trinajstić information content (AvgIpc) is 2.47. The molecule has 0 aromatic heterocycles. The molecule has 0 radical (unpaired) electrons. The maximum atomic E-state index is 12.4. The number of halogens is 1. The van der Waals surface area contributed by atoms with E-state index in [1.54, 1.807) is 31.4 Å². The van der Waals surface area contributed by atoms with E-state index >= 15 is 0 Å². The zero-order valence-electron chi connectivity index (χ0n) is 12.0. The summed E-state index contributed by atoms with van der Waals surface area (Å²) in [5.41, 5.74) is 8.18. The van der Waals surface area contributed by atoms with Crippen LogP contribution in [-0.2, 0) is 10.8 Å². The summed E-state index contributed by atoms with van der Waals surface area (Å²) in [7, 11) is 0.430. The van der Waals surface area contributed by atoms with Crippen molar-refractivity contribution in [3.8, 4) is 5.75 Å². The van der Waals surface area contributed by atoms with Gasteiger partial charge in [-0.1, -0.05) is 29.3 Å². The molecule has 5 heteroatoms. The second-order valence-corrected chi connectivity index (χ2v) is 6.75. The third-order valence-electron chi connectivity index (χ3n) is 3.19. The van der Waals surface area contributed by atoms with Gasteiger partial charge in [0.2, 0.25) is 0 Å². The summed E-state index contributed by atoms with van der Waals surface area (Å²) in [5, 5.41) is 0.625. The predicted octanol–water partition coefficient (Wildman–Crippen LogP) is 3.46. The zero-order valence-corrected chi connectivity index (χ0v) is 13.6. The van der Waals surface area contributed by atoms with Crippen LogP contribution in [0.4, 0.5) is 0 Å². The fourth-order valence-electron chi connectivity index (χ4n) is 2.08. The lowest BCUT2D eigenvalue weighted by Gasteiger charge is -2.16. The standard InChI is InChI=1S/C16H18ClNO2S/c1-11-3-8-16(20-2)14(9-11)15(18)10-21(19)13-6-4-12(17)5-7-13/h3-9,15H,10,18H2,1-2H3. The van der Waals surface area contributed by atoms with Crippen LogP contribution in [0.15, 0.2) is 47.4 Å². The molecule has 0 aliphatic heterocycles. The molecule has 0 aliphatic carbocycles. The molecule has 0 spiro atoms. The highest BCUT2D eigenvalue weighted by Gasteiger charge is 2.16. The Balaban J connectivity index is 2.17. The fraction of sp³-hybridized carbons (Fsp3) is 0.250. The van der Waals surface area contributed by atoms with E-state index in [9.17, 15) is 4.21 Å². The molecule has 2 N–H and O–H groups in total. The monoisotopic (exact) mass is 323 g/mol. The van der Waals surface area contributed by atoms with Gasteiger partial charge in [0.05, 0.1) is 17.9 Å². The van der Waals surface area contributed by atoms with E-state index in [4.69, 9.17) is 22.1 Å². The average molecular weight is 324 g/mol. The summed E-state index contributed by atoms with van der Waals surface area (Å²) in [6, 6.07) is 12.5. The molecule has 2 aromatic carbocycles. The van der Waals surface area contributed by atoms with E-state index in [-0.39, 0.29) is 6.04 Å². The molecule has 0 aliphatic rings. The van der Waals surface area contributed by atoms with Crippen LogP contribution in [0.3, 0.4) is 0 Å². The first kappa shape index (κ1) is 16.0. The number of methoxy groups -OCH3 is 1. The molecule has 0 bridgehead atoms. The van der Waals surface area contributed by atoms with Crippen LogP contribution >= 0.6 is 11.6 Å². The smallest absolute Gasteiger partial charge is 0.123 e. The van der Waals surface area contributed by atoms with Crippen molar-refractivity contribution in [1.82, 2.24) is 0 Å². The van der Waals surface area contributed by atoms with Gasteiger partial charge in [-0.05, 0) is 37.3 Å². The van der Waals surface area contributed by atoms with Gasteiger partial charge in [0.1, 0.15) is 5.75 Å². The third-order valence-corrected chi connectivity index (χ3v) is 4.90. The maximum absolute atomic E-state index is 12.4.